The zero-order valence-electron chi connectivity index (χ0n) is 10.1. The number of hydrogen-bond donors (Lipinski definition) is 2. The van der Waals surface area contributed by atoms with Gasteiger partial charge in [0.1, 0.15) is 5.60 Å². The molecule has 0 aliphatic heterocycles. The standard InChI is InChI=1S/C12H16N2O3/c1-12(2,3)17-11(15)14-10-6-4-9(5-7-10)8-13-16/h4-8,16H,1-3H3,(H,14,15)/b13-8+. The zero-order valence-corrected chi connectivity index (χ0v) is 10.1. The number of nitrogens with one attached hydrogen (secondary N) is 1. The number of rotatable bonds is 2. The lowest BCUT2D eigenvalue weighted by atomic mass is 10.2. The second-order valence-corrected chi connectivity index (χ2v) is 4.49. The van der Waals surface area contributed by atoms with Crippen molar-refractivity contribution in [3.8, 4) is 0 Å². The number of carbonyl (C=O) groups excluding carboxylic acids is 1. The number of benzene rings is 1. The number of anilines is 1. The minimum Gasteiger partial charge on any atom is -0.444 e. The summed E-state index contributed by atoms with van der Waals surface area (Å²) in [5, 5.41) is 13.8. The van der Waals surface area contributed by atoms with Crippen LogP contribution in [0.25, 0.3) is 0 Å². The summed E-state index contributed by atoms with van der Waals surface area (Å²) in [7, 11) is 0. The number of amides is 1. The first-order valence-electron chi connectivity index (χ1n) is 5.18. The van der Waals surface area contributed by atoms with Crippen LogP contribution >= 0.6 is 0 Å². The van der Waals surface area contributed by atoms with Crippen LogP contribution in [0, 0.1) is 0 Å². The van der Waals surface area contributed by atoms with Crippen molar-refractivity contribution in [2.75, 3.05) is 5.32 Å². The highest BCUT2D eigenvalue weighted by molar-refractivity contribution is 5.86. The summed E-state index contributed by atoms with van der Waals surface area (Å²) in [6, 6.07) is 6.82. The smallest absolute Gasteiger partial charge is 0.412 e. The quantitative estimate of drug-likeness (QED) is 0.471. The zero-order chi connectivity index (χ0) is 12.9. The highest BCUT2D eigenvalue weighted by atomic mass is 16.6. The lowest BCUT2D eigenvalue weighted by Gasteiger charge is -2.19. The van der Waals surface area contributed by atoms with Crippen molar-refractivity contribution < 1.29 is 14.7 Å². The summed E-state index contributed by atoms with van der Waals surface area (Å²) >= 11 is 0. The molecule has 1 aromatic rings. The SMILES string of the molecule is CC(C)(C)OC(=O)Nc1ccc(/C=N/O)cc1. The molecule has 1 amide bonds. The third-order valence-corrected chi connectivity index (χ3v) is 1.76. The summed E-state index contributed by atoms with van der Waals surface area (Å²) < 4.78 is 5.10. The van der Waals surface area contributed by atoms with Crippen LogP contribution in [0.15, 0.2) is 29.4 Å². The Morgan fingerprint density at radius 3 is 2.41 bits per heavy atom. The normalized spacial score (nSPS) is 11.5. The van der Waals surface area contributed by atoms with Crippen molar-refractivity contribution in [1.29, 1.82) is 0 Å². The average molecular weight is 236 g/mol. The Morgan fingerprint density at radius 2 is 1.94 bits per heavy atom. The first-order chi connectivity index (χ1) is 7.90. The van der Waals surface area contributed by atoms with Gasteiger partial charge in [-0.3, -0.25) is 5.32 Å². The van der Waals surface area contributed by atoms with Gasteiger partial charge in [0.25, 0.3) is 0 Å². The fourth-order valence-corrected chi connectivity index (χ4v) is 1.14. The Labute approximate surface area is 100 Å². The predicted octanol–water partition coefficient (Wildman–Crippen LogP) is 2.84. The fraction of sp³-hybridized carbons (Fsp3) is 0.333. The van der Waals surface area contributed by atoms with Gasteiger partial charge in [0.15, 0.2) is 0 Å². The van der Waals surface area contributed by atoms with E-state index in [4.69, 9.17) is 9.94 Å². The van der Waals surface area contributed by atoms with Crippen molar-refractivity contribution in [2.45, 2.75) is 26.4 Å². The second kappa shape index (κ2) is 5.34. The van der Waals surface area contributed by atoms with Gasteiger partial charge in [0, 0.05) is 5.69 Å². The maximum absolute atomic E-state index is 11.4. The molecule has 0 unspecified atom stereocenters. The van der Waals surface area contributed by atoms with E-state index in [1.165, 1.54) is 6.21 Å². The fourth-order valence-electron chi connectivity index (χ4n) is 1.14. The van der Waals surface area contributed by atoms with E-state index < -0.39 is 11.7 Å². The van der Waals surface area contributed by atoms with Crippen LogP contribution in [0.2, 0.25) is 0 Å². The van der Waals surface area contributed by atoms with Crippen LogP contribution in [0.4, 0.5) is 10.5 Å². The first-order valence-corrected chi connectivity index (χ1v) is 5.18. The van der Waals surface area contributed by atoms with Gasteiger partial charge in [-0.2, -0.15) is 0 Å². The number of hydrogen-bond acceptors (Lipinski definition) is 4. The Bertz CT molecular complexity index is 405. The predicted molar refractivity (Wildman–Crippen MR) is 65.7 cm³/mol. The second-order valence-electron chi connectivity index (χ2n) is 4.49. The van der Waals surface area contributed by atoms with E-state index in [0.29, 0.717) is 5.69 Å². The molecule has 0 saturated heterocycles. The van der Waals surface area contributed by atoms with Gasteiger partial charge in [-0.1, -0.05) is 17.3 Å². The summed E-state index contributed by atoms with van der Waals surface area (Å²) in [5.74, 6) is 0. The van der Waals surface area contributed by atoms with Gasteiger partial charge in [-0.05, 0) is 38.5 Å². The molecule has 0 aliphatic carbocycles. The molecule has 0 saturated carbocycles. The van der Waals surface area contributed by atoms with E-state index in [9.17, 15) is 4.79 Å². The maximum atomic E-state index is 11.4. The molecular formula is C12H16N2O3. The van der Waals surface area contributed by atoms with E-state index in [2.05, 4.69) is 10.5 Å². The van der Waals surface area contributed by atoms with Gasteiger partial charge in [-0.15, -0.1) is 0 Å². The Morgan fingerprint density at radius 1 is 1.35 bits per heavy atom. The maximum Gasteiger partial charge on any atom is 0.412 e. The van der Waals surface area contributed by atoms with Crippen molar-refractivity contribution >= 4 is 18.0 Å². The van der Waals surface area contributed by atoms with Crippen LogP contribution in [-0.2, 0) is 4.74 Å². The van der Waals surface area contributed by atoms with Crippen molar-refractivity contribution in [3.63, 3.8) is 0 Å². The molecule has 0 bridgehead atoms. The number of carbonyl (C=O) groups is 1. The van der Waals surface area contributed by atoms with Gasteiger partial charge < -0.3 is 9.94 Å². The van der Waals surface area contributed by atoms with Gasteiger partial charge in [-0.25, -0.2) is 4.79 Å². The number of oxime groups is 1. The molecular weight excluding hydrogens is 220 g/mol. The molecule has 1 rings (SSSR count). The molecule has 2 N–H and O–H groups in total. The topological polar surface area (TPSA) is 70.9 Å². The molecule has 92 valence electrons. The van der Waals surface area contributed by atoms with E-state index in [1.54, 1.807) is 45.0 Å². The van der Waals surface area contributed by atoms with Gasteiger partial charge in [0.05, 0.1) is 6.21 Å². The van der Waals surface area contributed by atoms with Crippen LogP contribution in [0.3, 0.4) is 0 Å². The minimum absolute atomic E-state index is 0.499. The summed E-state index contributed by atoms with van der Waals surface area (Å²) in [6.45, 7) is 5.40. The monoisotopic (exact) mass is 236 g/mol. The lowest BCUT2D eigenvalue weighted by Crippen LogP contribution is -2.27. The average Bonchev–Trinajstić information content (AvgIpc) is 2.18. The third-order valence-electron chi connectivity index (χ3n) is 1.76. The van der Waals surface area contributed by atoms with E-state index in [0.717, 1.165) is 5.56 Å². The molecule has 5 heteroatoms. The summed E-state index contributed by atoms with van der Waals surface area (Å²) in [4.78, 5) is 11.4. The van der Waals surface area contributed by atoms with E-state index in [1.807, 2.05) is 0 Å². The molecule has 0 fully saturated rings. The van der Waals surface area contributed by atoms with Crippen LogP contribution in [0.5, 0.6) is 0 Å². The minimum atomic E-state index is -0.520. The summed E-state index contributed by atoms with van der Waals surface area (Å²) in [6.07, 6.45) is 0.804. The van der Waals surface area contributed by atoms with E-state index >= 15 is 0 Å². The first kappa shape index (κ1) is 13.0. The molecule has 0 spiro atoms. The highest BCUT2D eigenvalue weighted by Gasteiger charge is 2.15. The molecule has 5 nitrogen and oxygen atoms in total. The molecule has 0 heterocycles. The molecule has 0 atom stereocenters. The summed E-state index contributed by atoms with van der Waals surface area (Å²) in [5.41, 5.74) is 0.838. The molecule has 17 heavy (non-hydrogen) atoms. The van der Waals surface area contributed by atoms with Crippen LogP contribution in [0.1, 0.15) is 26.3 Å². The Hall–Kier alpha value is -2.04. The van der Waals surface area contributed by atoms with Crippen LogP contribution in [-0.4, -0.2) is 23.1 Å². The van der Waals surface area contributed by atoms with Crippen molar-refractivity contribution in [2.24, 2.45) is 5.16 Å². The highest BCUT2D eigenvalue weighted by Crippen LogP contribution is 2.12. The van der Waals surface area contributed by atoms with Crippen molar-refractivity contribution in [3.05, 3.63) is 29.8 Å². The van der Waals surface area contributed by atoms with Crippen LogP contribution < -0.4 is 5.32 Å². The Balaban J connectivity index is 2.60. The van der Waals surface area contributed by atoms with Crippen molar-refractivity contribution in [1.82, 2.24) is 0 Å². The largest absolute Gasteiger partial charge is 0.444 e. The number of nitrogens with zero attached hydrogens (tertiary/aromatic N) is 1. The number of ether oxygens (including phenoxy) is 1. The molecule has 1 aromatic carbocycles. The van der Waals surface area contributed by atoms with E-state index in [-0.39, 0.29) is 0 Å². The third kappa shape index (κ3) is 5.01. The Kier molecular flexibility index (Phi) is 4.09. The molecule has 0 aromatic heterocycles. The van der Waals surface area contributed by atoms with Gasteiger partial charge in [0.2, 0.25) is 0 Å². The molecule has 0 radical (unpaired) electrons. The van der Waals surface area contributed by atoms with Gasteiger partial charge >= 0.3 is 6.09 Å². The molecule has 0 aliphatic rings. The lowest BCUT2D eigenvalue weighted by molar-refractivity contribution is 0.0636.